The molecule has 0 saturated carbocycles. The van der Waals surface area contributed by atoms with Crippen molar-refractivity contribution in [2.45, 2.75) is 31.3 Å². The van der Waals surface area contributed by atoms with Crippen molar-refractivity contribution in [3.05, 3.63) is 54.1 Å². The molecule has 1 fully saturated rings. The number of rotatable bonds is 4. The lowest BCUT2D eigenvalue weighted by atomic mass is 10.1. The molecule has 8 nitrogen and oxygen atoms in total. The van der Waals surface area contributed by atoms with Gasteiger partial charge in [-0.2, -0.15) is 0 Å². The summed E-state index contributed by atoms with van der Waals surface area (Å²) >= 11 is 0. The average Bonchev–Trinajstić information content (AvgIpc) is 2.90. The van der Waals surface area contributed by atoms with Crippen LogP contribution in [0.4, 0.5) is 23.7 Å². The van der Waals surface area contributed by atoms with E-state index < -0.39 is 36.2 Å². The maximum atomic E-state index is 12.7. The van der Waals surface area contributed by atoms with Gasteiger partial charge in [-0.15, -0.1) is 13.2 Å². The monoisotopic (exact) mass is 453 g/mol. The van der Waals surface area contributed by atoms with E-state index in [1.54, 1.807) is 0 Å². The number of hydrogen-bond acceptors (Lipinski definition) is 5. The number of alkyl halides is 3. The number of anilines is 1. The summed E-state index contributed by atoms with van der Waals surface area (Å²) in [5.41, 5.74) is 0.551. The van der Waals surface area contributed by atoms with Crippen LogP contribution >= 0.6 is 0 Å². The second-order valence-electron chi connectivity index (χ2n) is 7.28. The number of nitrogens with zero attached hydrogens (tertiary/aromatic N) is 1. The van der Waals surface area contributed by atoms with Gasteiger partial charge in [0, 0.05) is 24.3 Å². The summed E-state index contributed by atoms with van der Waals surface area (Å²) in [6.07, 6.45) is -4.81. The summed E-state index contributed by atoms with van der Waals surface area (Å²) in [5.74, 6) is -0.862. The zero-order chi connectivity index (χ0) is 23.3. The lowest BCUT2D eigenvalue weighted by molar-refractivity contribution is -0.274. The van der Waals surface area contributed by atoms with Crippen LogP contribution in [-0.4, -0.2) is 58.6 Å². The van der Waals surface area contributed by atoms with Gasteiger partial charge >= 0.3 is 12.4 Å². The third-order valence-corrected chi connectivity index (χ3v) is 4.88. The van der Waals surface area contributed by atoms with Crippen molar-refractivity contribution >= 4 is 17.6 Å². The van der Waals surface area contributed by atoms with Gasteiger partial charge < -0.3 is 30.5 Å². The molecule has 3 amide bonds. The van der Waals surface area contributed by atoms with Gasteiger partial charge in [-0.1, -0.05) is 0 Å². The Kier molecular flexibility index (Phi) is 7.08. The van der Waals surface area contributed by atoms with Gasteiger partial charge in [-0.25, -0.2) is 4.79 Å². The maximum Gasteiger partial charge on any atom is 0.573 e. The average molecular weight is 453 g/mol. The second kappa shape index (κ2) is 9.77. The van der Waals surface area contributed by atoms with Gasteiger partial charge in [0.05, 0.1) is 12.1 Å². The number of likely N-dealkylation sites (tertiary alicyclic amines) is 1. The molecule has 2 atom stereocenters. The van der Waals surface area contributed by atoms with Crippen LogP contribution < -0.4 is 15.4 Å². The number of nitrogens with one attached hydrogen (secondary N) is 2. The Bertz CT molecular complexity index is 935. The van der Waals surface area contributed by atoms with Gasteiger partial charge in [0.1, 0.15) is 11.5 Å². The standard InChI is InChI=1S/C21H22F3N3O5/c22-21(23,24)32-16-9-5-14(6-10-16)25-20(31)27-11-1-2-18(29)17(12-27)26-19(30)13-3-7-15(28)8-4-13/h3-10,17-18,28-29H,1-2,11-12H2,(H,25,31)(H,26,30)/t17-,18-/m1/s1. The second-order valence-corrected chi connectivity index (χ2v) is 7.28. The Labute approximate surface area is 181 Å². The van der Waals surface area contributed by atoms with Crippen LogP contribution in [0.5, 0.6) is 11.5 Å². The van der Waals surface area contributed by atoms with Crippen molar-refractivity contribution in [1.82, 2.24) is 10.2 Å². The lowest BCUT2D eigenvalue weighted by Gasteiger charge is -2.27. The smallest absolute Gasteiger partial charge is 0.508 e. The number of phenols is 1. The number of ether oxygens (including phenoxy) is 1. The summed E-state index contributed by atoms with van der Waals surface area (Å²) in [4.78, 5) is 26.5. The highest BCUT2D eigenvalue weighted by Gasteiger charge is 2.31. The molecule has 172 valence electrons. The minimum absolute atomic E-state index is 0.0110. The number of halogens is 3. The Morgan fingerprint density at radius 2 is 1.72 bits per heavy atom. The fourth-order valence-electron chi connectivity index (χ4n) is 3.28. The third-order valence-electron chi connectivity index (χ3n) is 4.88. The molecule has 1 aliphatic rings. The topological polar surface area (TPSA) is 111 Å². The van der Waals surface area contributed by atoms with Crippen molar-refractivity contribution < 1.29 is 37.7 Å². The molecule has 32 heavy (non-hydrogen) atoms. The van der Waals surface area contributed by atoms with Crippen LogP contribution in [0.15, 0.2) is 48.5 Å². The van der Waals surface area contributed by atoms with Gasteiger partial charge in [-0.05, 0) is 61.4 Å². The number of aromatic hydroxyl groups is 1. The fraction of sp³-hybridized carbons (Fsp3) is 0.333. The normalized spacial score (nSPS) is 19.1. The molecule has 3 rings (SSSR count). The first-order chi connectivity index (χ1) is 15.1. The van der Waals surface area contributed by atoms with Crippen LogP contribution in [0.3, 0.4) is 0 Å². The zero-order valence-corrected chi connectivity index (χ0v) is 16.8. The molecule has 0 aromatic heterocycles. The number of urea groups is 1. The molecular weight excluding hydrogens is 431 g/mol. The quantitative estimate of drug-likeness (QED) is 0.569. The minimum atomic E-state index is -4.81. The van der Waals surface area contributed by atoms with E-state index in [0.29, 0.717) is 19.4 Å². The molecule has 1 saturated heterocycles. The molecule has 1 heterocycles. The molecule has 0 aliphatic carbocycles. The first kappa shape index (κ1) is 23.2. The predicted octanol–water partition coefficient (Wildman–Crippen LogP) is 3.08. The van der Waals surface area contributed by atoms with Crippen LogP contribution in [0.2, 0.25) is 0 Å². The Hall–Kier alpha value is -3.47. The Morgan fingerprint density at radius 1 is 1.06 bits per heavy atom. The summed E-state index contributed by atoms with van der Waals surface area (Å²) in [6, 6.07) is 9.05. The molecule has 2 aromatic rings. The molecule has 2 aromatic carbocycles. The van der Waals surface area contributed by atoms with E-state index in [1.165, 1.54) is 41.3 Å². The van der Waals surface area contributed by atoms with Crippen LogP contribution in [0.1, 0.15) is 23.2 Å². The Balaban J connectivity index is 1.62. The molecule has 0 bridgehead atoms. The van der Waals surface area contributed by atoms with Crippen molar-refractivity contribution in [1.29, 1.82) is 0 Å². The van der Waals surface area contributed by atoms with E-state index in [-0.39, 0.29) is 23.5 Å². The predicted molar refractivity (Wildman–Crippen MR) is 108 cm³/mol. The van der Waals surface area contributed by atoms with E-state index >= 15 is 0 Å². The molecule has 11 heteroatoms. The van der Waals surface area contributed by atoms with Crippen LogP contribution in [-0.2, 0) is 0 Å². The number of carbonyl (C=O) groups is 2. The minimum Gasteiger partial charge on any atom is -0.508 e. The van der Waals surface area contributed by atoms with E-state index in [1.807, 2.05) is 0 Å². The highest BCUT2D eigenvalue weighted by atomic mass is 19.4. The molecule has 0 spiro atoms. The summed E-state index contributed by atoms with van der Waals surface area (Å²) in [6.45, 7) is 0.357. The van der Waals surface area contributed by atoms with Crippen LogP contribution in [0, 0.1) is 0 Å². The first-order valence-corrected chi connectivity index (χ1v) is 9.80. The number of phenolic OH excluding ortho intramolecular Hbond substituents is 1. The van der Waals surface area contributed by atoms with E-state index in [9.17, 15) is 33.0 Å². The fourth-order valence-corrected chi connectivity index (χ4v) is 3.28. The van der Waals surface area contributed by atoms with Crippen LogP contribution in [0.25, 0.3) is 0 Å². The summed E-state index contributed by atoms with van der Waals surface area (Å²) < 4.78 is 40.6. The van der Waals surface area contributed by atoms with Crippen molar-refractivity contribution in [2.75, 3.05) is 18.4 Å². The van der Waals surface area contributed by atoms with Gasteiger partial charge in [-0.3, -0.25) is 4.79 Å². The number of amides is 3. The lowest BCUT2D eigenvalue weighted by Crippen LogP contribution is -2.50. The largest absolute Gasteiger partial charge is 0.573 e. The van der Waals surface area contributed by atoms with E-state index in [0.717, 1.165) is 12.1 Å². The number of carbonyl (C=O) groups excluding carboxylic acids is 2. The van der Waals surface area contributed by atoms with Crippen molar-refractivity contribution in [3.8, 4) is 11.5 Å². The molecule has 4 N–H and O–H groups in total. The molecule has 0 unspecified atom stereocenters. The van der Waals surface area contributed by atoms with E-state index in [2.05, 4.69) is 15.4 Å². The molecule has 0 radical (unpaired) electrons. The SMILES string of the molecule is O=C(N[C@@H]1CN(C(=O)Nc2ccc(OC(F)(F)F)cc2)CCC[C@H]1O)c1ccc(O)cc1. The maximum absolute atomic E-state index is 12.7. The number of benzene rings is 2. The zero-order valence-electron chi connectivity index (χ0n) is 16.8. The summed E-state index contributed by atoms with van der Waals surface area (Å²) in [7, 11) is 0. The number of hydrogen-bond donors (Lipinski definition) is 4. The van der Waals surface area contributed by atoms with Crippen molar-refractivity contribution in [2.24, 2.45) is 0 Å². The van der Waals surface area contributed by atoms with Gasteiger partial charge in [0.2, 0.25) is 0 Å². The molecule has 1 aliphatic heterocycles. The van der Waals surface area contributed by atoms with E-state index in [4.69, 9.17) is 0 Å². The first-order valence-electron chi connectivity index (χ1n) is 9.80. The summed E-state index contributed by atoms with van der Waals surface area (Å²) in [5, 5.41) is 25.0. The molecular formula is C21H22F3N3O5. The highest BCUT2D eigenvalue weighted by Crippen LogP contribution is 2.24. The third kappa shape index (κ3) is 6.51. The highest BCUT2D eigenvalue weighted by molar-refractivity contribution is 5.94. The Morgan fingerprint density at radius 3 is 2.34 bits per heavy atom. The number of aliphatic hydroxyl groups is 1. The van der Waals surface area contributed by atoms with Gasteiger partial charge in [0.15, 0.2) is 0 Å². The van der Waals surface area contributed by atoms with Gasteiger partial charge in [0.25, 0.3) is 5.91 Å². The van der Waals surface area contributed by atoms with Crippen molar-refractivity contribution in [3.63, 3.8) is 0 Å². The number of aliphatic hydroxyl groups excluding tert-OH is 1.